The Balaban J connectivity index is 1.67. The van der Waals surface area contributed by atoms with Crippen molar-refractivity contribution in [3.63, 3.8) is 0 Å². The third-order valence-electron chi connectivity index (χ3n) is 5.98. The Morgan fingerprint density at radius 3 is 2.62 bits per heavy atom. The van der Waals surface area contributed by atoms with E-state index in [1.54, 1.807) is 19.1 Å². The van der Waals surface area contributed by atoms with Crippen molar-refractivity contribution < 1.29 is 14.4 Å². The third kappa shape index (κ3) is 3.32. The number of nitrogens with zero attached hydrogens (tertiary/aromatic N) is 1. The predicted octanol–water partition coefficient (Wildman–Crippen LogP) is 2.39. The lowest BCUT2D eigenvalue weighted by Crippen LogP contribution is -2.48. The van der Waals surface area contributed by atoms with Crippen LogP contribution in [0, 0.1) is 11.8 Å². The first kappa shape index (κ1) is 18.4. The average molecular weight is 357 g/mol. The molecule has 1 aliphatic heterocycles. The van der Waals surface area contributed by atoms with Crippen molar-refractivity contribution in [3.05, 3.63) is 35.9 Å². The van der Waals surface area contributed by atoms with E-state index in [0.717, 1.165) is 17.7 Å². The zero-order valence-electron chi connectivity index (χ0n) is 15.6. The first-order chi connectivity index (χ1) is 12.3. The molecule has 0 bridgehead atoms. The summed E-state index contributed by atoms with van der Waals surface area (Å²) < 4.78 is 0. The van der Waals surface area contributed by atoms with E-state index in [4.69, 9.17) is 0 Å². The smallest absolute Gasteiger partial charge is 0.325 e. The van der Waals surface area contributed by atoms with Crippen molar-refractivity contribution in [2.24, 2.45) is 11.8 Å². The van der Waals surface area contributed by atoms with E-state index < -0.39 is 17.5 Å². The van der Waals surface area contributed by atoms with Gasteiger partial charge in [-0.25, -0.2) is 4.79 Å². The molecule has 2 fully saturated rings. The van der Waals surface area contributed by atoms with Crippen LogP contribution >= 0.6 is 0 Å². The van der Waals surface area contributed by atoms with Crippen LogP contribution in [0.4, 0.5) is 4.79 Å². The van der Waals surface area contributed by atoms with Crippen LogP contribution in [0.3, 0.4) is 0 Å². The number of benzene rings is 1. The monoisotopic (exact) mass is 357 g/mol. The Bertz CT molecular complexity index is 706. The molecule has 2 aliphatic rings. The third-order valence-corrected chi connectivity index (χ3v) is 5.98. The number of imide groups is 1. The Morgan fingerprint density at radius 1 is 1.23 bits per heavy atom. The maximum atomic E-state index is 12.8. The van der Waals surface area contributed by atoms with E-state index in [-0.39, 0.29) is 18.5 Å². The number of urea groups is 1. The second kappa shape index (κ2) is 7.09. The maximum absolute atomic E-state index is 12.8. The SMILES string of the molecule is C[C@@H]1[C@@H](C)CCC[C@H]1NC(=O)CN1C(=O)N[C@](C)(c2ccccc2)C1=O. The lowest BCUT2D eigenvalue weighted by Gasteiger charge is -2.34. The molecule has 0 spiro atoms. The van der Waals surface area contributed by atoms with Crippen LogP contribution in [0.1, 0.15) is 45.6 Å². The average Bonchev–Trinajstić information content (AvgIpc) is 2.84. The largest absolute Gasteiger partial charge is 0.352 e. The molecule has 26 heavy (non-hydrogen) atoms. The molecule has 0 radical (unpaired) electrons. The first-order valence-electron chi connectivity index (χ1n) is 9.32. The Hall–Kier alpha value is -2.37. The summed E-state index contributed by atoms with van der Waals surface area (Å²) in [6, 6.07) is 8.67. The molecule has 0 unspecified atom stereocenters. The fourth-order valence-corrected chi connectivity index (χ4v) is 3.99. The van der Waals surface area contributed by atoms with E-state index in [1.807, 2.05) is 18.2 Å². The van der Waals surface area contributed by atoms with Gasteiger partial charge in [0.2, 0.25) is 5.91 Å². The van der Waals surface area contributed by atoms with Gasteiger partial charge in [-0.05, 0) is 30.7 Å². The fourth-order valence-electron chi connectivity index (χ4n) is 3.99. The summed E-state index contributed by atoms with van der Waals surface area (Å²) in [5.74, 6) is 0.281. The molecule has 1 aromatic carbocycles. The highest BCUT2D eigenvalue weighted by molar-refractivity contribution is 6.09. The summed E-state index contributed by atoms with van der Waals surface area (Å²) in [5, 5.41) is 5.75. The van der Waals surface area contributed by atoms with Gasteiger partial charge >= 0.3 is 6.03 Å². The number of carbonyl (C=O) groups is 3. The maximum Gasteiger partial charge on any atom is 0.325 e. The lowest BCUT2D eigenvalue weighted by molar-refractivity contribution is -0.135. The summed E-state index contributed by atoms with van der Waals surface area (Å²) in [5.41, 5.74) is -0.429. The molecule has 2 N–H and O–H groups in total. The van der Waals surface area contributed by atoms with Crippen molar-refractivity contribution >= 4 is 17.8 Å². The minimum Gasteiger partial charge on any atom is -0.352 e. The number of amides is 4. The van der Waals surface area contributed by atoms with Crippen molar-refractivity contribution in [2.45, 2.75) is 51.6 Å². The highest BCUT2D eigenvalue weighted by Gasteiger charge is 2.49. The first-order valence-corrected chi connectivity index (χ1v) is 9.32. The van der Waals surface area contributed by atoms with Crippen molar-refractivity contribution in [3.8, 4) is 0 Å². The van der Waals surface area contributed by atoms with Gasteiger partial charge in [0.25, 0.3) is 5.91 Å². The Morgan fingerprint density at radius 2 is 1.92 bits per heavy atom. The van der Waals surface area contributed by atoms with Crippen molar-refractivity contribution in [1.29, 1.82) is 0 Å². The molecule has 6 heteroatoms. The fraction of sp³-hybridized carbons (Fsp3) is 0.550. The number of hydrogen-bond acceptors (Lipinski definition) is 3. The van der Waals surface area contributed by atoms with E-state index in [2.05, 4.69) is 24.5 Å². The Labute approximate surface area is 154 Å². The van der Waals surface area contributed by atoms with E-state index in [9.17, 15) is 14.4 Å². The standard InChI is InChI=1S/C20H27N3O3/c1-13-8-7-11-16(14(13)2)21-17(24)12-23-18(25)20(3,22-19(23)26)15-9-5-4-6-10-15/h4-6,9-10,13-14,16H,7-8,11-12H2,1-3H3,(H,21,24)(H,22,26)/t13-,14+,16+,20+/m0/s1. The number of rotatable bonds is 4. The highest BCUT2D eigenvalue weighted by atomic mass is 16.2. The Kier molecular flexibility index (Phi) is 5.03. The zero-order chi connectivity index (χ0) is 18.9. The molecule has 3 rings (SSSR count). The van der Waals surface area contributed by atoms with Crippen LogP contribution in [-0.4, -0.2) is 35.3 Å². The van der Waals surface area contributed by atoms with Crippen molar-refractivity contribution in [1.82, 2.24) is 15.5 Å². The molecular formula is C20H27N3O3. The summed E-state index contributed by atoms with van der Waals surface area (Å²) >= 11 is 0. The molecule has 1 aliphatic carbocycles. The summed E-state index contributed by atoms with van der Waals surface area (Å²) in [6.07, 6.45) is 3.21. The minimum absolute atomic E-state index is 0.104. The van der Waals surface area contributed by atoms with Gasteiger partial charge in [-0.3, -0.25) is 14.5 Å². The summed E-state index contributed by atoms with van der Waals surface area (Å²) in [6.45, 7) is 5.77. The van der Waals surface area contributed by atoms with Gasteiger partial charge in [0.15, 0.2) is 0 Å². The molecule has 1 heterocycles. The second-order valence-electron chi connectivity index (χ2n) is 7.75. The highest BCUT2D eigenvalue weighted by Crippen LogP contribution is 2.30. The van der Waals surface area contributed by atoms with Crippen LogP contribution < -0.4 is 10.6 Å². The molecule has 1 saturated carbocycles. The minimum atomic E-state index is -1.13. The number of carbonyl (C=O) groups excluding carboxylic acids is 3. The van der Waals surface area contributed by atoms with Gasteiger partial charge in [0.05, 0.1) is 0 Å². The molecule has 0 aromatic heterocycles. The summed E-state index contributed by atoms with van der Waals surface area (Å²) in [4.78, 5) is 38.7. The zero-order valence-corrected chi connectivity index (χ0v) is 15.6. The van der Waals surface area contributed by atoms with E-state index >= 15 is 0 Å². The van der Waals surface area contributed by atoms with Gasteiger partial charge in [-0.15, -0.1) is 0 Å². The molecule has 4 amide bonds. The molecule has 1 aromatic rings. The van der Waals surface area contributed by atoms with Gasteiger partial charge in [-0.2, -0.15) is 0 Å². The van der Waals surface area contributed by atoms with Gasteiger partial charge in [0.1, 0.15) is 12.1 Å². The topological polar surface area (TPSA) is 78.5 Å². The number of hydrogen-bond donors (Lipinski definition) is 2. The quantitative estimate of drug-likeness (QED) is 0.812. The second-order valence-corrected chi connectivity index (χ2v) is 7.75. The van der Waals surface area contributed by atoms with Crippen LogP contribution in [-0.2, 0) is 15.1 Å². The van der Waals surface area contributed by atoms with Crippen LogP contribution in [0.25, 0.3) is 0 Å². The van der Waals surface area contributed by atoms with E-state index in [1.165, 1.54) is 6.42 Å². The van der Waals surface area contributed by atoms with E-state index in [0.29, 0.717) is 17.4 Å². The molecule has 140 valence electrons. The van der Waals surface area contributed by atoms with Gasteiger partial charge in [0, 0.05) is 6.04 Å². The summed E-state index contributed by atoms with van der Waals surface area (Å²) in [7, 11) is 0. The van der Waals surface area contributed by atoms with Crippen LogP contribution in [0.2, 0.25) is 0 Å². The van der Waals surface area contributed by atoms with Crippen LogP contribution in [0.15, 0.2) is 30.3 Å². The molecule has 4 atom stereocenters. The molecule has 1 saturated heterocycles. The molecule has 6 nitrogen and oxygen atoms in total. The van der Waals surface area contributed by atoms with Gasteiger partial charge < -0.3 is 10.6 Å². The number of nitrogens with one attached hydrogen (secondary N) is 2. The normalized spacial score (nSPS) is 31.7. The van der Waals surface area contributed by atoms with Crippen LogP contribution in [0.5, 0.6) is 0 Å². The van der Waals surface area contributed by atoms with Crippen molar-refractivity contribution in [2.75, 3.05) is 6.54 Å². The van der Waals surface area contributed by atoms with Gasteiger partial charge in [-0.1, -0.05) is 57.0 Å². The lowest BCUT2D eigenvalue weighted by atomic mass is 9.78. The predicted molar refractivity (Wildman–Crippen MR) is 98.1 cm³/mol. The molecular weight excluding hydrogens is 330 g/mol.